The summed E-state index contributed by atoms with van der Waals surface area (Å²) in [4.78, 5) is 31.7. The molecule has 1 aliphatic rings. The lowest BCUT2D eigenvalue weighted by atomic mass is 10.2. The molecule has 3 heterocycles. The van der Waals surface area contributed by atoms with Crippen LogP contribution in [0.3, 0.4) is 0 Å². The second-order valence-electron chi connectivity index (χ2n) is 6.50. The molecule has 1 aliphatic heterocycles. The van der Waals surface area contributed by atoms with E-state index in [1.54, 1.807) is 4.57 Å². The summed E-state index contributed by atoms with van der Waals surface area (Å²) >= 11 is 3.52. The average Bonchev–Trinajstić information content (AvgIpc) is 2.78. The van der Waals surface area contributed by atoms with Crippen molar-refractivity contribution in [3.8, 4) is 0 Å². The second kappa shape index (κ2) is 7.11. The van der Waals surface area contributed by atoms with Crippen LogP contribution in [0.4, 0.5) is 5.69 Å². The number of nitrogens with one attached hydrogen (secondary N) is 1. The lowest BCUT2D eigenvalue weighted by Crippen LogP contribution is -2.24. The van der Waals surface area contributed by atoms with E-state index in [-0.39, 0.29) is 11.5 Å². The van der Waals surface area contributed by atoms with Gasteiger partial charge in [-0.3, -0.25) is 14.2 Å². The van der Waals surface area contributed by atoms with E-state index in [0.29, 0.717) is 15.1 Å². The molecule has 7 heteroatoms. The van der Waals surface area contributed by atoms with Gasteiger partial charge >= 0.3 is 0 Å². The number of carbonyl (C=O) groups excluding carboxylic acids is 1. The lowest BCUT2D eigenvalue weighted by molar-refractivity contribution is 0.103. The molecule has 2 aromatic heterocycles. The van der Waals surface area contributed by atoms with Crippen molar-refractivity contribution < 1.29 is 4.79 Å². The molecule has 1 aromatic carbocycles. The Balaban J connectivity index is 1.77. The number of amides is 1. The molecular weight excluding hydrogens is 461 g/mol. The summed E-state index contributed by atoms with van der Waals surface area (Å²) in [6, 6.07) is 7.65. The molecule has 4 rings (SSSR count). The third kappa shape index (κ3) is 3.18. The Morgan fingerprint density at radius 3 is 2.96 bits per heavy atom. The maximum atomic E-state index is 13.0. The number of hydrogen-bond acceptors (Lipinski definition) is 4. The first-order valence-electron chi connectivity index (χ1n) is 8.64. The first kappa shape index (κ1) is 17.7. The number of halogens is 1. The van der Waals surface area contributed by atoms with Crippen molar-refractivity contribution in [3.63, 3.8) is 0 Å². The first-order chi connectivity index (χ1) is 12.5. The number of carbonyl (C=O) groups is 1. The number of aromatic nitrogens is 2. The van der Waals surface area contributed by atoms with E-state index in [0.717, 1.165) is 52.9 Å². The Bertz CT molecular complexity index is 1070. The van der Waals surface area contributed by atoms with Crippen LogP contribution in [0.1, 0.15) is 40.3 Å². The van der Waals surface area contributed by atoms with E-state index in [9.17, 15) is 9.59 Å². The summed E-state index contributed by atoms with van der Waals surface area (Å²) < 4.78 is 2.85. The molecule has 0 bridgehead atoms. The zero-order valence-electron chi connectivity index (χ0n) is 14.3. The molecule has 26 heavy (non-hydrogen) atoms. The van der Waals surface area contributed by atoms with Crippen LogP contribution in [0.15, 0.2) is 29.1 Å². The molecule has 0 saturated carbocycles. The fourth-order valence-corrected chi connectivity index (χ4v) is 5.01. The Morgan fingerprint density at radius 2 is 2.15 bits per heavy atom. The van der Waals surface area contributed by atoms with Gasteiger partial charge in [0.05, 0.1) is 10.3 Å². The highest BCUT2D eigenvalue weighted by atomic mass is 127. The van der Waals surface area contributed by atoms with Crippen molar-refractivity contribution in [2.75, 3.05) is 5.32 Å². The van der Waals surface area contributed by atoms with Gasteiger partial charge in [0.2, 0.25) is 0 Å². The summed E-state index contributed by atoms with van der Waals surface area (Å²) in [6.45, 7) is 2.56. The average molecular weight is 479 g/mol. The SMILES string of the molecule is Cc1c(C(=O)Nc2cccc(I)c2)sc2nc3n(c(=O)c12)CCCCC3. The van der Waals surface area contributed by atoms with Crippen LogP contribution in [-0.2, 0) is 13.0 Å². The topological polar surface area (TPSA) is 64.0 Å². The van der Waals surface area contributed by atoms with E-state index >= 15 is 0 Å². The van der Waals surface area contributed by atoms with Crippen molar-refractivity contribution in [2.24, 2.45) is 0 Å². The van der Waals surface area contributed by atoms with Gasteiger partial charge in [-0.1, -0.05) is 12.5 Å². The van der Waals surface area contributed by atoms with E-state index in [1.165, 1.54) is 11.3 Å². The Hall–Kier alpha value is -1.74. The van der Waals surface area contributed by atoms with Gasteiger partial charge in [0.1, 0.15) is 10.7 Å². The van der Waals surface area contributed by atoms with Crippen LogP contribution in [-0.4, -0.2) is 15.5 Å². The van der Waals surface area contributed by atoms with Gasteiger partial charge in [-0.15, -0.1) is 11.3 Å². The largest absolute Gasteiger partial charge is 0.321 e. The van der Waals surface area contributed by atoms with Crippen molar-refractivity contribution in [3.05, 3.63) is 54.5 Å². The maximum absolute atomic E-state index is 13.0. The highest BCUT2D eigenvalue weighted by Gasteiger charge is 2.22. The number of aryl methyl sites for hydroxylation is 2. The van der Waals surface area contributed by atoms with E-state index < -0.39 is 0 Å². The molecular formula is C19H18IN3O2S. The number of thiophene rings is 1. The van der Waals surface area contributed by atoms with Crippen molar-refractivity contribution >= 4 is 55.7 Å². The number of fused-ring (bicyclic) bond motifs is 2. The van der Waals surface area contributed by atoms with Gasteiger partial charge < -0.3 is 5.32 Å². The lowest BCUT2D eigenvalue weighted by Gasteiger charge is -2.08. The predicted octanol–water partition coefficient (Wildman–Crippen LogP) is 4.35. The van der Waals surface area contributed by atoms with Crippen LogP contribution < -0.4 is 10.9 Å². The zero-order chi connectivity index (χ0) is 18.3. The van der Waals surface area contributed by atoms with Crippen molar-refractivity contribution in [1.29, 1.82) is 0 Å². The van der Waals surface area contributed by atoms with E-state index in [2.05, 4.69) is 27.9 Å². The van der Waals surface area contributed by atoms with Crippen LogP contribution in [0, 0.1) is 10.5 Å². The summed E-state index contributed by atoms with van der Waals surface area (Å²) in [5, 5.41) is 3.52. The minimum atomic E-state index is -0.188. The van der Waals surface area contributed by atoms with Gasteiger partial charge in [0.25, 0.3) is 11.5 Å². The van der Waals surface area contributed by atoms with Gasteiger partial charge in [-0.2, -0.15) is 0 Å². The molecule has 0 atom stereocenters. The monoisotopic (exact) mass is 479 g/mol. The molecule has 0 unspecified atom stereocenters. The summed E-state index contributed by atoms with van der Waals surface area (Å²) in [5.41, 5.74) is 1.47. The Labute approximate surface area is 168 Å². The summed E-state index contributed by atoms with van der Waals surface area (Å²) in [6.07, 6.45) is 4.01. The molecule has 0 fully saturated rings. The molecule has 0 aliphatic carbocycles. The summed E-state index contributed by atoms with van der Waals surface area (Å²) in [7, 11) is 0. The molecule has 5 nitrogen and oxygen atoms in total. The normalized spacial score (nSPS) is 14.1. The third-order valence-corrected chi connectivity index (χ3v) is 6.56. The minimum absolute atomic E-state index is 0.00559. The smallest absolute Gasteiger partial charge is 0.266 e. The first-order valence-corrected chi connectivity index (χ1v) is 10.5. The number of anilines is 1. The van der Waals surface area contributed by atoms with Crippen LogP contribution in [0.2, 0.25) is 0 Å². The molecule has 0 spiro atoms. The molecule has 0 radical (unpaired) electrons. The number of benzene rings is 1. The highest BCUT2D eigenvalue weighted by molar-refractivity contribution is 14.1. The molecule has 1 N–H and O–H groups in total. The maximum Gasteiger partial charge on any atom is 0.266 e. The zero-order valence-corrected chi connectivity index (χ0v) is 17.3. The predicted molar refractivity (Wildman–Crippen MR) is 113 cm³/mol. The van der Waals surface area contributed by atoms with Crippen LogP contribution in [0.5, 0.6) is 0 Å². The van der Waals surface area contributed by atoms with Gasteiger partial charge in [-0.25, -0.2) is 4.98 Å². The quantitative estimate of drug-likeness (QED) is 0.556. The van der Waals surface area contributed by atoms with Crippen LogP contribution in [0.25, 0.3) is 10.2 Å². The number of nitrogens with zero attached hydrogens (tertiary/aromatic N) is 2. The van der Waals surface area contributed by atoms with Crippen molar-refractivity contribution in [2.45, 2.75) is 39.2 Å². The van der Waals surface area contributed by atoms with Gasteiger partial charge in [-0.05, 0) is 66.1 Å². The fourth-order valence-electron chi connectivity index (χ4n) is 3.38. The minimum Gasteiger partial charge on any atom is -0.321 e. The van der Waals surface area contributed by atoms with Crippen molar-refractivity contribution in [1.82, 2.24) is 9.55 Å². The molecule has 134 valence electrons. The highest BCUT2D eigenvalue weighted by Crippen LogP contribution is 2.29. The van der Waals surface area contributed by atoms with E-state index in [1.807, 2.05) is 31.2 Å². The molecule has 3 aromatic rings. The Morgan fingerprint density at radius 1 is 1.31 bits per heavy atom. The molecule has 1 amide bonds. The van der Waals surface area contributed by atoms with E-state index in [4.69, 9.17) is 4.98 Å². The molecule has 0 saturated heterocycles. The number of hydrogen-bond donors (Lipinski definition) is 1. The summed E-state index contributed by atoms with van der Waals surface area (Å²) in [5.74, 6) is 0.665. The second-order valence-corrected chi connectivity index (χ2v) is 8.74. The van der Waals surface area contributed by atoms with Gasteiger partial charge in [0, 0.05) is 22.2 Å². The van der Waals surface area contributed by atoms with Crippen LogP contribution >= 0.6 is 33.9 Å². The number of rotatable bonds is 2. The van der Waals surface area contributed by atoms with Gasteiger partial charge in [0.15, 0.2) is 0 Å². The fraction of sp³-hybridized carbons (Fsp3) is 0.316. The standard InChI is InChI=1S/C19H18IN3O2S/c1-11-15-18(22-14-8-3-2-4-9-23(14)19(15)25)26-16(11)17(24)21-13-7-5-6-12(20)10-13/h5-7,10H,2-4,8-9H2,1H3,(H,21,24). The Kier molecular flexibility index (Phi) is 4.83. The third-order valence-electron chi connectivity index (χ3n) is 4.70.